The van der Waals surface area contributed by atoms with E-state index in [1.807, 2.05) is 13.8 Å². The minimum absolute atomic E-state index is 0.0806. The Morgan fingerprint density at radius 3 is 2.92 bits per heavy atom. The van der Waals surface area contributed by atoms with Crippen LogP contribution < -0.4 is 5.32 Å². The molecule has 0 unspecified atom stereocenters. The number of aryl methyl sites for hydroxylation is 4. The summed E-state index contributed by atoms with van der Waals surface area (Å²) in [6, 6.07) is 6.74. The number of nitrogens with zero attached hydrogens (tertiary/aromatic N) is 1. The number of hydrogen-bond acceptors (Lipinski definition) is 2. The summed E-state index contributed by atoms with van der Waals surface area (Å²) in [5, 5.41) is 11.6. The van der Waals surface area contributed by atoms with Gasteiger partial charge in [-0.3, -0.25) is 9.89 Å². The van der Waals surface area contributed by atoms with Gasteiger partial charge < -0.3 is 10.3 Å². The Balaban J connectivity index is 1.50. The minimum Gasteiger partial charge on any atom is -0.358 e. The van der Waals surface area contributed by atoms with Crippen molar-refractivity contribution in [3.63, 3.8) is 0 Å². The Labute approximate surface area is 147 Å². The van der Waals surface area contributed by atoms with Gasteiger partial charge in [-0.15, -0.1) is 0 Å². The fourth-order valence-electron chi connectivity index (χ4n) is 3.93. The molecular formula is C20H24N4O. The number of hydrogen-bond donors (Lipinski definition) is 3. The molecule has 1 aliphatic carbocycles. The molecule has 1 aromatic carbocycles. The van der Waals surface area contributed by atoms with Crippen LogP contribution in [0.5, 0.6) is 0 Å². The first-order chi connectivity index (χ1) is 12.0. The van der Waals surface area contributed by atoms with E-state index in [-0.39, 0.29) is 11.9 Å². The molecule has 2 heterocycles. The van der Waals surface area contributed by atoms with Crippen LogP contribution in [0.15, 0.2) is 18.2 Å². The summed E-state index contributed by atoms with van der Waals surface area (Å²) in [7, 11) is 0. The zero-order valence-electron chi connectivity index (χ0n) is 15.0. The van der Waals surface area contributed by atoms with E-state index < -0.39 is 0 Å². The molecule has 1 atom stereocenters. The van der Waals surface area contributed by atoms with E-state index in [4.69, 9.17) is 0 Å². The molecule has 4 rings (SSSR count). The lowest BCUT2D eigenvalue weighted by molar-refractivity contribution is -0.121. The number of carbonyl (C=O) groups is 1. The fourth-order valence-corrected chi connectivity index (χ4v) is 3.93. The van der Waals surface area contributed by atoms with E-state index in [9.17, 15) is 4.79 Å². The van der Waals surface area contributed by atoms with Crippen molar-refractivity contribution in [1.82, 2.24) is 20.5 Å². The number of rotatable bonds is 3. The summed E-state index contributed by atoms with van der Waals surface area (Å²) in [6.45, 7) is 6.02. The zero-order valence-corrected chi connectivity index (χ0v) is 15.0. The molecule has 0 saturated heterocycles. The van der Waals surface area contributed by atoms with Gasteiger partial charge in [-0.05, 0) is 57.7 Å². The molecule has 5 heteroatoms. The highest BCUT2D eigenvalue weighted by atomic mass is 16.1. The van der Waals surface area contributed by atoms with Crippen molar-refractivity contribution >= 4 is 16.8 Å². The van der Waals surface area contributed by atoms with Gasteiger partial charge in [0.2, 0.25) is 5.91 Å². The zero-order chi connectivity index (χ0) is 17.6. The molecule has 0 fully saturated rings. The second-order valence-corrected chi connectivity index (χ2v) is 7.23. The molecule has 0 spiro atoms. The van der Waals surface area contributed by atoms with Gasteiger partial charge in [0.05, 0.1) is 12.1 Å². The second kappa shape index (κ2) is 6.06. The maximum absolute atomic E-state index is 12.5. The second-order valence-electron chi connectivity index (χ2n) is 7.23. The molecular weight excluding hydrogens is 312 g/mol. The summed E-state index contributed by atoms with van der Waals surface area (Å²) in [4.78, 5) is 16.0. The van der Waals surface area contributed by atoms with Crippen LogP contribution in [-0.2, 0) is 24.1 Å². The quantitative estimate of drug-likeness (QED) is 0.688. The summed E-state index contributed by atoms with van der Waals surface area (Å²) in [5.74, 6) is 0.0806. The third kappa shape index (κ3) is 2.95. The number of aromatic nitrogens is 3. The Hall–Kier alpha value is -2.56. The molecule has 2 aromatic heterocycles. The van der Waals surface area contributed by atoms with Crippen LogP contribution in [-0.4, -0.2) is 27.1 Å². The molecule has 0 bridgehead atoms. The largest absolute Gasteiger partial charge is 0.358 e. The number of nitrogens with one attached hydrogen (secondary N) is 3. The molecule has 0 aliphatic heterocycles. The first-order valence-electron chi connectivity index (χ1n) is 8.91. The summed E-state index contributed by atoms with van der Waals surface area (Å²) >= 11 is 0. The van der Waals surface area contributed by atoms with Gasteiger partial charge >= 0.3 is 0 Å². The normalized spacial score (nSPS) is 16.8. The van der Waals surface area contributed by atoms with E-state index >= 15 is 0 Å². The van der Waals surface area contributed by atoms with Crippen LogP contribution in [0.25, 0.3) is 10.9 Å². The van der Waals surface area contributed by atoms with Gasteiger partial charge in [0.25, 0.3) is 0 Å². The van der Waals surface area contributed by atoms with Crippen molar-refractivity contribution in [3.8, 4) is 0 Å². The Morgan fingerprint density at radius 2 is 2.16 bits per heavy atom. The molecule has 3 N–H and O–H groups in total. The van der Waals surface area contributed by atoms with Gasteiger partial charge in [0.1, 0.15) is 0 Å². The van der Waals surface area contributed by atoms with Crippen LogP contribution in [0, 0.1) is 20.8 Å². The smallest absolute Gasteiger partial charge is 0.224 e. The number of amides is 1. The Kier molecular flexibility index (Phi) is 3.86. The van der Waals surface area contributed by atoms with Crippen molar-refractivity contribution in [3.05, 3.63) is 52.0 Å². The van der Waals surface area contributed by atoms with Crippen molar-refractivity contribution in [1.29, 1.82) is 0 Å². The van der Waals surface area contributed by atoms with E-state index in [2.05, 4.69) is 45.6 Å². The number of benzene rings is 1. The van der Waals surface area contributed by atoms with E-state index in [0.29, 0.717) is 6.42 Å². The van der Waals surface area contributed by atoms with Crippen molar-refractivity contribution in [2.75, 3.05) is 0 Å². The maximum Gasteiger partial charge on any atom is 0.224 e. The molecule has 0 saturated carbocycles. The fraction of sp³-hybridized carbons (Fsp3) is 0.400. The molecule has 25 heavy (non-hydrogen) atoms. The molecule has 1 amide bonds. The van der Waals surface area contributed by atoms with Crippen molar-refractivity contribution in [2.24, 2.45) is 0 Å². The van der Waals surface area contributed by atoms with Gasteiger partial charge in [-0.2, -0.15) is 5.10 Å². The monoisotopic (exact) mass is 336 g/mol. The predicted octanol–water partition coefficient (Wildman–Crippen LogP) is 3.03. The molecule has 3 aromatic rings. The third-order valence-corrected chi connectivity index (χ3v) is 5.33. The SMILES string of the molecule is Cc1ccc2[nH]c3c(c2c1)C[C@H](NC(=O)Cc1c(C)n[nH]c1C)CC3. The lowest BCUT2D eigenvalue weighted by Crippen LogP contribution is -2.39. The van der Waals surface area contributed by atoms with Crippen LogP contribution in [0.3, 0.4) is 0 Å². The van der Waals surface area contributed by atoms with E-state index in [1.54, 1.807) is 0 Å². The molecule has 5 nitrogen and oxygen atoms in total. The molecule has 130 valence electrons. The lowest BCUT2D eigenvalue weighted by atomic mass is 9.91. The molecule has 0 radical (unpaired) electrons. The summed E-state index contributed by atoms with van der Waals surface area (Å²) in [6.07, 6.45) is 3.25. The maximum atomic E-state index is 12.5. The number of carbonyl (C=O) groups excluding carboxylic acids is 1. The standard InChI is InChI=1S/C20H24N4O/c1-11-4-6-18-16(8-11)17-9-14(5-7-19(17)22-18)21-20(25)10-15-12(2)23-24-13(15)3/h4,6,8,14,22H,5,7,9-10H2,1-3H3,(H,21,25)(H,23,24)/t14-/m1/s1. The Morgan fingerprint density at radius 1 is 1.32 bits per heavy atom. The van der Waals surface area contributed by atoms with Crippen LogP contribution in [0.2, 0.25) is 0 Å². The van der Waals surface area contributed by atoms with Crippen LogP contribution in [0.4, 0.5) is 0 Å². The van der Waals surface area contributed by atoms with Crippen molar-refractivity contribution in [2.45, 2.75) is 52.5 Å². The highest BCUT2D eigenvalue weighted by molar-refractivity contribution is 5.86. The predicted molar refractivity (Wildman–Crippen MR) is 98.8 cm³/mol. The van der Waals surface area contributed by atoms with E-state index in [0.717, 1.165) is 36.2 Å². The highest BCUT2D eigenvalue weighted by Crippen LogP contribution is 2.30. The first-order valence-corrected chi connectivity index (χ1v) is 8.91. The van der Waals surface area contributed by atoms with Crippen LogP contribution in [0.1, 0.15) is 40.2 Å². The topological polar surface area (TPSA) is 73.6 Å². The van der Waals surface area contributed by atoms with Crippen molar-refractivity contribution < 1.29 is 4.79 Å². The van der Waals surface area contributed by atoms with Gasteiger partial charge in [-0.25, -0.2) is 0 Å². The van der Waals surface area contributed by atoms with Gasteiger partial charge in [0, 0.05) is 33.9 Å². The lowest BCUT2D eigenvalue weighted by Gasteiger charge is -2.23. The Bertz CT molecular complexity index is 931. The summed E-state index contributed by atoms with van der Waals surface area (Å²) < 4.78 is 0. The minimum atomic E-state index is 0.0806. The average molecular weight is 336 g/mol. The van der Waals surface area contributed by atoms with Crippen LogP contribution >= 0.6 is 0 Å². The molecule has 1 aliphatic rings. The average Bonchev–Trinajstić information content (AvgIpc) is 3.09. The number of fused-ring (bicyclic) bond motifs is 3. The first kappa shape index (κ1) is 15.9. The highest BCUT2D eigenvalue weighted by Gasteiger charge is 2.24. The summed E-state index contributed by atoms with van der Waals surface area (Å²) in [5.41, 5.74) is 8.06. The number of H-pyrrole nitrogens is 2. The van der Waals surface area contributed by atoms with Gasteiger partial charge in [-0.1, -0.05) is 11.6 Å². The number of aromatic amines is 2. The van der Waals surface area contributed by atoms with Gasteiger partial charge in [0.15, 0.2) is 0 Å². The van der Waals surface area contributed by atoms with E-state index in [1.165, 1.54) is 27.7 Å². The third-order valence-electron chi connectivity index (χ3n) is 5.33.